The Morgan fingerprint density at radius 1 is 1.38 bits per heavy atom. The van der Waals surface area contributed by atoms with Gasteiger partial charge in [-0.3, -0.25) is 9.89 Å². The zero-order valence-corrected chi connectivity index (χ0v) is 12.0. The molecule has 0 spiro atoms. The van der Waals surface area contributed by atoms with Crippen LogP contribution in [0.4, 0.5) is 5.69 Å². The van der Waals surface area contributed by atoms with E-state index >= 15 is 0 Å². The summed E-state index contributed by atoms with van der Waals surface area (Å²) >= 11 is 1.47. The summed E-state index contributed by atoms with van der Waals surface area (Å²) in [7, 11) is 0. The third kappa shape index (κ3) is 3.41. The Morgan fingerprint density at radius 3 is 2.81 bits per heavy atom. The molecule has 0 saturated carbocycles. The number of aromatic amines is 1. The number of hydrogen-bond donors (Lipinski definition) is 3. The van der Waals surface area contributed by atoms with Crippen molar-refractivity contribution in [3.8, 4) is 0 Å². The van der Waals surface area contributed by atoms with E-state index < -0.39 is 0 Å². The summed E-state index contributed by atoms with van der Waals surface area (Å²) < 4.78 is 5.20. The number of ether oxygens (including phenoxy) is 1. The molecular formula is C13H15N5O2S. The molecule has 2 aromatic rings. The van der Waals surface area contributed by atoms with Gasteiger partial charge in [0.05, 0.1) is 19.1 Å². The maximum Gasteiger partial charge on any atom is 0.231 e. The molecule has 1 aliphatic rings. The van der Waals surface area contributed by atoms with Crippen molar-refractivity contribution in [3.63, 3.8) is 0 Å². The van der Waals surface area contributed by atoms with Crippen molar-refractivity contribution in [3.05, 3.63) is 30.6 Å². The van der Waals surface area contributed by atoms with Gasteiger partial charge >= 0.3 is 0 Å². The molecular weight excluding hydrogens is 290 g/mol. The molecule has 7 nitrogen and oxygen atoms in total. The molecule has 4 N–H and O–H groups in total. The van der Waals surface area contributed by atoms with Crippen LogP contribution in [0.1, 0.15) is 0 Å². The quantitative estimate of drug-likeness (QED) is 0.774. The summed E-state index contributed by atoms with van der Waals surface area (Å²) in [4.78, 5) is 17.1. The van der Waals surface area contributed by atoms with Gasteiger partial charge in [-0.15, -0.1) is 0 Å². The van der Waals surface area contributed by atoms with Gasteiger partial charge in [0.15, 0.2) is 5.16 Å². The standard InChI is InChI=1S/C13H15N5O2S/c14-11-6-20-5-10(11)12(19)17-8-1-3-9(4-2-8)21-13-15-7-16-18-13/h1-4,7,10-11H,5-6,14H2,(H,17,19)(H,15,16,18). The van der Waals surface area contributed by atoms with Gasteiger partial charge in [-0.05, 0) is 24.3 Å². The van der Waals surface area contributed by atoms with Gasteiger partial charge in [0.1, 0.15) is 6.33 Å². The number of anilines is 1. The van der Waals surface area contributed by atoms with E-state index in [9.17, 15) is 4.79 Å². The lowest BCUT2D eigenvalue weighted by atomic mass is 10.0. The van der Waals surface area contributed by atoms with Gasteiger partial charge in [0.2, 0.25) is 5.91 Å². The molecule has 2 heterocycles. The third-order valence-corrected chi connectivity index (χ3v) is 4.09. The Hall–Kier alpha value is -1.90. The second-order valence-electron chi connectivity index (χ2n) is 4.71. The fraction of sp³-hybridized carbons (Fsp3) is 0.308. The molecule has 110 valence electrons. The molecule has 0 bridgehead atoms. The Morgan fingerprint density at radius 2 is 2.19 bits per heavy atom. The van der Waals surface area contributed by atoms with E-state index in [0.717, 1.165) is 15.7 Å². The van der Waals surface area contributed by atoms with Gasteiger partial charge in [0, 0.05) is 16.6 Å². The molecule has 2 atom stereocenters. The van der Waals surface area contributed by atoms with Crippen LogP contribution in [0, 0.1) is 5.92 Å². The average molecular weight is 305 g/mol. The first-order chi connectivity index (χ1) is 10.2. The lowest BCUT2D eigenvalue weighted by molar-refractivity contribution is -0.120. The van der Waals surface area contributed by atoms with Gasteiger partial charge in [-0.2, -0.15) is 5.10 Å². The molecule has 0 aliphatic carbocycles. The van der Waals surface area contributed by atoms with Gasteiger partial charge in [-0.25, -0.2) is 4.98 Å². The first-order valence-electron chi connectivity index (χ1n) is 6.50. The van der Waals surface area contributed by atoms with Gasteiger partial charge in [-0.1, -0.05) is 11.8 Å². The monoisotopic (exact) mass is 305 g/mol. The second kappa shape index (κ2) is 6.25. The highest BCUT2D eigenvalue weighted by molar-refractivity contribution is 7.99. The zero-order valence-electron chi connectivity index (χ0n) is 11.2. The van der Waals surface area contributed by atoms with E-state index in [1.807, 2.05) is 24.3 Å². The maximum atomic E-state index is 12.1. The minimum atomic E-state index is -0.284. The van der Waals surface area contributed by atoms with Crippen LogP contribution >= 0.6 is 11.8 Å². The molecule has 8 heteroatoms. The smallest absolute Gasteiger partial charge is 0.231 e. The molecule has 1 aromatic heterocycles. The fourth-order valence-electron chi connectivity index (χ4n) is 2.04. The van der Waals surface area contributed by atoms with E-state index in [2.05, 4.69) is 20.5 Å². The molecule has 3 rings (SSSR count). The van der Waals surface area contributed by atoms with Crippen molar-refractivity contribution in [1.29, 1.82) is 0 Å². The van der Waals surface area contributed by atoms with E-state index in [1.165, 1.54) is 18.1 Å². The Labute approximate surface area is 125 Å². The number of hydrogen-bond acceptors (Lipinski definition) is 6. The first kappa shape index (κ1) is 14.1. The Kier molecular flexibility index (Phi) is 4.18. The summed E-state index contributed by atoms with van der Waals surface area (Å²) in [5.74, 6) is -0.385. The summed E-state index contributed by atoms with van der Waals surface area (Å²) in [6, 6.07) is 7.28. The SMILES string of the molecule is NC1COCC1C(=O)Nc1ccc(Sc2ncn[nH]2)cc1. The van der Waals surface area contributed by atoms with Crippen LogP contribution in [0.15, 0.2) is 40.6 Å². The predicted molar refractivity (Wildman–Crippen MR) is 77.9 cm³/mol. The molecule has 0 radical (unpaired) electrons. The lowest BCUT2D eigenvalue weighted by Crippen LogP contribution is -2.37. The number of nitrogens with zero attached hydrogens (tertiary/aromatic N) is 2. The number of nitrogens with two attached hydrogens (primary N) is 1. The molecule has 21 heavy (non-hydrogen) atoms. The zero-order chi connectivity index (χ0) is 14.7. The van der Waals surface area contributed by atoms with E-state index in [1.54, 1.807) is 0 Å². The Bertz CT molecular complexity index is 602. The number of aromatic nitrogens is 3. The second-order valence-corrected chi connectivity index (χ2v) is 5.78. The van der Waals surface area contributed by atoms with Crippen LogP contribution in [0.3, 0.4) is 0 Å². The number of carbonyl (C=O) groups is 1. The first-order valence-corrected chi connectivity index (χ1v) is 7.31. The minimum absolute atomic E-state index is 0.101. The van der Waals surface area contributed by atoms with Crippen LogP contribution < -0.4 is 11.1 Å². The van der Waals surface area contributed by atoms with Crippen LogP contribution in [0.5, 0.6) is 0 Å². The number of rotatable bonds is 4. The van der Waals surface area contributed by atoms with Gasteiger partial charge < -0.3 is 15.8 Å². The summed E-state index contributed by atoms with van der Waals surface area (Å²) in [6.07, 6.45) is 1.46. The van der Waals surface area contributed by atoms with Crippen molar-refractivity contribution in [1.82, 2.24) is 15.2 Å². The molecule has 1 fully saturated rings. The summed E-state index contributed by atoms with van der Waals surface area (Å²) in [6.45, 7) is 0.817. The highest BCUT2D eigenvalue weighted by atomic mass is 32.2. The number of nitrogens with one attached hydrogen (secondary N) is 2. The van der Waals surface area contributed by atoms with E-state index in [0.29, 0.717) is 13.2 Å². The van der Waals surface area contributed by atoms with Crippen molar-refractivity contribution in [2.45, 2.75) is 16.1 Å². The molecule has 1 aromatic carbocycles. The molecule has 1 amide bonds. The Balaban J connectivity index is 1.60. The van der Waals surface area contributed by atoms with Crippen molar-refractivity contribution in [2.24, 2.45) is 11.7 Å². The minimum Gasteiger partial charge on any atom is -0.379 e. The maximum absolute atomic E-state index is 12.1. The van der Waals surface area contributed by atoms with E-state index in [-0.39, 0.29) is 17.9 Å². The predicted octanol–water partition coefficient (Wildman–Crippen LogP) is 0.868. The fourth-order valence-corrected chi connectivity index (χ4v) is 2.73. The van der Waals surface area contributed by atoms with Crippen molar-refractivity contribution >= 4 is 23.4 Å². The van der Waals surface area contributed by atoms with Crippen LogP contribution in [-0.2, 0) is 9.53 Å². The third-order valence-electron chi connectivity index (χ3n) is 3.19. The van der Waals surface area contributed by atoms with E-state index in [4.69, 9.17) is 10.5 Å². The van der Waals surface area contributed by atoms with Crippen LogP contribution in [-0.4, -0.2) is 40.3 Å². The number of amides is 1. The lowest BCUT2D eigenvalue weighted by Gasteiger charge is -2.13. The average Bonchev–Trinajstić information content (AvgIpc) is 3.12. The van der Waals surface area contributed by atoms with Gasteiger partial charge in [0.25, 0.3) is 0 Å². The highest BCUT2D eigenvalue weighted by Gasteiger charge is 2.31. The largest absolute Gasteiger partial charge is 0.379 e. The summed E-state index contributed by atoms with van der Waals surface area (Å²) in [5.41, 5.74) is 6.56. The summed E-state index contributed by atoms with van der Waals surface area (Å²) in [5, 5.41) is 10.1. The number of benzene rings is 1. The van der Waals surface area contributed by atoms with Crippen molar-refractivity contribution in [2.75, 3.05) is 18.5 Å². The molecule has 1 aliphatic heterocycles. The molecule has 1 saturated heterocycles. The number of carbonyl (C=O) groups excluding carboxylic acids is 1. The normalized spacial score (nSPS) is 21.4. The molecule has 2 unspecified atom stereocenters. The van der Waals surface area contributed by atoms with Crippen LogP contribution in [0.25, 0.3) is 0 Å². The van der Waals surface area contributed by atoms with Crippen molar-refractivity contribution < 1.29 is 9.53 Å². The number of H-pyrrole nitrogens is 1. The topological polar surface area (TPSA) is 106 Å². The van der Waals surface area contributed by atoms with Crippen LogP contribution in [0.2, 0.25) is 0 Å². The highest BCUT2D eigenvalue weighted by Crippen LogP contribution is 2.25.